The molecule has 0 aromatic heterocycles. The third-order valence-corrected chi connectivity index (χ3v) is 5.91. The van der Waals surface area contributed by atoms with Gasteiger partial charge in [-0.05, 0) is 19.3 Å². The number of unbranched alkanes of at least 4 members (excludes halogenated alkanes) is 16. The Hall–Kier alpha value is -1.83. The predicted molar refractivity (Wildman–Crippen MR) is 128 cm³/mol. The molecule has 1 saturated heterocycles. The largest absolute Gasteiger partial charge is 0.333 e. The van der Waals surface area contributed by atoms with Gasteiger partial charge in [0.2, 0.25) is 0 Å². The second-order valence-electron chi connectivity index (χ2n) is 8.95. The highest BCUT2D eigenvalue weighted by Crippen LogP contribution is 2.14. The molecular weight excluding hydrogens is 402 g/mol. The summed E-state index contributed by atoms with van der Waals surface area (Å²) in [6.45, 7) is 2.27. The summed E-state index contributed by atoms with van der Waals surface area (Å²) in [5.41, 5.74) is 0. The zero-order chi connectivity index (χ0) is 23.3. The summed E-state index contributed by atoms with van der Waals surface area (Å²) in [6.07, 6.45) is 22.5. The van der Waals surface area contributed by atoms with Crippen molar-refractivity contribution in [3.8, 4) is 11.8 Å². The number of carbonyl (C=O) groups excluding carboxylic acids is 3. The van der Waals surface area contributed by atoms with Crippen LogP contribution in [0.1, 0.15) is 142 Å². The fourth-order valence-electron chi connectivity index (χ4n) is 3.87. The van der Waals surface area contributed by atoms with E-state index in [9.17, 15) is 14.4 Å². The molecule has 0 atom stereocenters. The van der Waals surface area contributed by atoms with Crippen LogP contribution < -0.4 is 0 Å². The van der Waals surface area contributed by atoms with Crippen LogP contribution in [0.2, 0.25) is 0 Å². The lowest BCUT2D eigenvalue weighted by Crippen LogP contribution is -2.31. The van der Waals surface area contributed by atoms with Crippen molar-refractivity contribution < 1.29 is 19.2 Å². The van der Waals surface area contributed by atoms with E-state index in [0.717, 1.165) is 44.9 Å². The molecule has 0 unspecified atom stereocenters. The van der Waals surface area contributed by atoms with Gasteiger partial charge in [0.15, 0.2) is 0 Å². The van der Waals surface area contributed by atoms with Crippen LogP contribution in [0.3, 0.4) is 0 Å². The topological polar surface area (TPSA) is 63.7 Å². The maximum atomic E-state index is 11.7. The molecule has 0 bridgehead atoms. The van der Waals surface area contributed by atoms with Gasteiger partial charge in [-0.2, -0.15) is 0 Å². The number of hydroxylamine groups is 2. The van der Waals surface area contributed by atoms with Crippen LogP contribution in [0.15, 0.2) is 0 Å². The Balaban J connectivity index is 1.80. The van der Waals surface area contributed by atoms with Gasteiger partial charge in [-0.3, -0.25) is 9.59 Å². The van der Waals surface area contributed by atoms with Gasteiger partial charge >= 0.3 is 5.97 Å². The average molecular weight is 448 g/mol. The lowest BCUT2D eigenvalue weighted by atomic mass is 10.1. The number of rotatable bonds is 19. The summed E-state index contributed by atoms with van der Waals surface area (Å²) in [4.78, 5) is 39.3. The molecule has 0 spiro atoms. The van der Waals surface area contributed by atoms with Gasteiger partial charge in [0, 0.05) is 32.1 Å². The summed E-state index contributed by atoms with van der Waals surface area (Å²) < 4.78 is 0. The van der Waals surface area contributed by atoms with Crippen LogP contribution in [0.25, 0.3) is 0 Å². The average Bonchev–Trinajstić information content (AvgIpc) is 3.09. The Morgan fingerprint density at radius 1 is 0.688 bits per heavy atom. The van der Waals surface area contributed by atoms with Crippen molar-refractivity contribution in [2.45, 2.75) is 142 Å². The van der Waals surface area contributed by atoms with Gasteiger partial charge < -0.3 is 4.84 Å². The molecule has 0 aromatic carbocycles. The quantitative estimate of drug-likeness (QED) is 0.121. The summed E-state index contributed by atoms with van der Waals surface area (Å²) in [5.74, 6) is 5.28. The first-order chi connectivity index (χ1) is 15.6. The Morgan fingerprint density at radius 3 is 1.56 bits per heavy atom. The van der Waals surface area contributed by atoms with Crippen LogP contribution in [-0.2, 0) is 19.2 Å². The van der Waals surface area contributed by atoms with E-state index in [1.807, 2.05) is 0 Å². The van der Waals surface area contributed by atoms with E-state index in [1.54, 1.807) is 0 Å². The molecule has 0 radical (unpaired) electrons. The molecule has 2 amide bonds. The molecule has 5 nitrogen and oxygen atoms in total. The first-order valence-electron chi connectivity index (χ1n) is 13.2. The highest BCUT2D eigenvalue weighted by Gasteiger charge is 2.32. The van der Waals surface area contributed by atoms with Crippen molar-refractivity contribution in [3.05, 3.63) is 0 Å². The molecule has 0 N–H and O–H groups in total. The standard InChI is InChI=1S/C27H45NO4/c1-2-3-4-5-6-7-8-9-10-11-12-13-14-15-16-17-18-19-20-21-22-27(31)32-28-25(29)23-24-26(28)30/h2-12,15-24H2,1H3. The van der Waals surface area contributed by atoms with E-state index >= 15 is 0 Å². The van der Waals surface area contributed by atoms with Crippen molar-refractivity contribution >= 4 is 17.8 Å². The SMILES string of the molecule is CCCCCCCCCCCCC#CCCCCCCCCC(=O)ON1C(=O)CCC1=O. The number of hydrogen-bond acceptors (Lipinski definition) is 4. The monoisotopic (exact) mass is 447 g/mol. The van der Waals surface area contributed by atoms with E-state index in [-0.39, 0.29) is 19.3 Å². The molecule has 1 aliphatic rings. The fourth-order valence-corrected chi connectivity index (χ4v) is 3.87. The minimum absolute atomic E-state index is 0.135. The summed E-state index contributed by atoms with van der Waals surface area (Å²) in [7, 11) is 0. The van der Waals surface area contributed by atoms with Gasteiger partial charge in [-0.25, -0.2) is 4.79 Å². The molecule has 5 heteroatoms. The zero-order valence-electron chi connectivity index (χ0n) is 20.4. The number of amides is 2. The van der Waals surface area contributed by atoms with Gasteiger partial charge in [0.1, 0.15) is 0 Å². The minimum Gasteiger partial charge on any atom is -0.330 e. The fraction of sp³-hybridized carbons (Fsp3) is 0.815. The highest BCUT2D eigenvalue weighted by molar-refractivity contribution is 6.01. The van der Waals surface area contributed by atoms with Crippen LogP contribution in [0, 0.1) is 11.8 Å². The van der Waals surface area contributed by atoms with Crippen LogP contribution in [0.4, 0.5) is 0 Å². The first-order valence-corrected chi connectivity index (χ1v) is 13.2. The second-order valence-corrected chi connectivity index (χ2v) is 8.95. The van der Waals surface area contributed by atoms with E-state index in [0.29, 0.717) is 5.06 Å². The normalized spacial score (nSPS) is 13.3. The number of carbonyl (C=O) groups is 3. The molecule has 1 aliphatic heterocycles. The van der Waals surface area contributed by atoms with Gasteiger partial charge in [-0.1, -0.05) is 90.4 Å². The first kappa shape index (κ1) is 28.2. The number of imide groups is 1. The minimum atomic E-state index is -0.494. The van der Waals surface area contributed by atoms with Gasteiger partial charge in [0.05, 0.1) is 0 Å². The van der Waals surface area contributed by atoms with Crippen LogP contribution in [-0.4, -0.2) is 22.8 Å². The summed E-state index contributed by atoms with van der Waals surface area (Å²) in [6, 6.07) is 0. The summed E-state index contributed by atoms with van der Waals surface area (Å²) in [5, 5.41) is 0.625. The Kier molecular flexibility index (Phi) is 17.5. The Morgan fingerprint density at radius 2 is 1.09 bits per heavy atom. The molecule has 0 saturated carbocycles. The van der Waals surface area contributed by atoms with Crippen molar-refractivity contribution in [1.82, 2.24) is 5.06 Å². The number of nitrogens with zero attached hydrogens (tertiary/aromatic N) is 1. The van der Waals surface area contributed by atoms with Crippen molar-refractivity contribution in [2.75, 3.05) is 0 Å². The van der Waals surface area contributed by atoms with Crippen LogP contribution >= 0.6 is 0 Å². The maximum absolute atomic E-state index is 11.7. The third kappa shape index (κ3) is 15.1. The van der Waals surface area contributed by atoms with Crippen LogP contribution in [0.5, 0.6) is 0 Å². The molecule has 1 heterocycles. The summed E-state index contributed by atoms with van der Waals surface area (Å²) >= 11 is 0. The third-order valence-electron chi connectivity index (χ3n) is 5.91. The molecule has 1 rings (SSSR count). The second kappa shape index (κ2) is 19.8. The molecule has 182 valence electrons. The van der Waals surface area contributed by atoms with Crippen molar-refractivity contribution in [3.63, 3.8) is 0 Å². The van der Waals surface area contributed by atoms with Crippen molar-refractivity contribution in [2.24, 2.45) is 0 Å². The van der Waals surface area contributed by atoms with E-state index < -0.39 is 17.8 Å². The molecule has 0 aliphatic carbocycles. The molecule has 1 fully saturated rings. The molecule has 0 aromatic rings. The van der Waals surface area contributed by atoms with E-state index in [4.69, 9.17) is 4.84 Å². The highest BCUT2D eigenvalue weighted by atomic mass is 16.7. The predicted octanol–water partition coefficient (Wildman–Crippen LogP) is 7.03. The van der Waals surface area contributed by atoms with Crippen molar-refractivity contribution in [1.29, 1.82) is 0 Å². The lowest BCUT2D eigenvalue weighted by Gasteiger charge is -2.12. The lowest BCUT2D eigenvalue weighted by molar-refractivity contribution is -0.197. The van der Waals surface area contributed by atoms with Gasteiger partial charge in [-0.15, -0.1) is 16.9 Å². The molecule has 32 heavy (non-hydrogen) atoms. The van der Waals surface area contributed by atoms with E-state index in [1.165, 1.54) is 70.6 Å². The van der Waals surface area contributed by atoms with Gasteiger partial charge in [0.25, 0.3) is 11.8 Å². The Bertz CT molecular complexity index is 574. The molecular formula is C27H45NO4. The number of hydrogen-bond donors (Lipinski definition) is 0. The Labute approximate surface area is 196 Å². The smallest absolute Gasteiger partial charge is 0.330 e. The zero-order valence-corrected chi connectivity index (χ0v) is 20.4. The van der Waals surface area contributed by atoms with E-state index in [2.05, 4.69) is 18.8 Å². The maximum Gasteiger partial charge on any atom is 0.333 e.